The monoisotopic (exact) mass is 643 g/mol. The average Bonchev–Trinajstić information content (AvgIpc) is 3.42. The number of aryl methyl sites for hydroxylation is 1. The first-order valence-electron chi connectivity index (χ1n) is 14.8. The highest BCUT2D eigenvalue weighted by Gasteiger charge is 2.61. The van der Waals surface area contributed by atoms with E-state index in [2.05, 4.69) is 0 Å². The highest BCUT2D eigenvalue weighted by Crippen LogP contribution is 2.53. The van der Waals surface area contributed by atoms with Crippen LogP contribution in [-0.4, -0.2) is 42.9 Å². The zero-order valence-corrected chi connectivity index (χ0v) is 25.4. The lowest BCUT2D eigenvalue weighted by Gasteiger charge is -2.43. The maximum atomic E-state index is 14.6. The van der Waals surface area contributed by atoms with Crippen molar-refractivity contribution < 1.29 is 36.6 Å². The summed E-state index contributed by atoms with van der Waals surface area (Å²) in [4.78, 5) is 27.0. The summed E-state index contributed by atoms with van der Waals surface area (Å²) < 4.78 is 61.7. The van der Waals surface area contributed by atoms with E-state index >= 15 is 0 Å². The van der Waals surface area contributed by atoms with Crippen molar-refractivity contribution in [3.8, 4) is 5.75 Å². The Morgan fingerprint density at radius 1 is 0.977 bits per heavy atom. The summed E-state index contributed by atoms with van der Waals surface area (Å²) in [6.07, 6.45) is 2.73. The molecule has 3 aliphatic rings. The van der Waals surface area contributed by atoms with Crippen molar-refractivity contribution in [3.63, 3.8) is 0 Å². The molecule has 2 aliphatic carbocycles. The molecule has 0 radical (unpaired) electrons. The van der Waals surface area contributed by atoms with Gasteiger partial charge in [-0.1, -0.05) is 23.7 Å². The van der Waals surface area contributed by atoms with Gasteiger partial charge in [-0.05, 0) is 105 Å². The van der Waals surface area contributed by atoms with Crippen molar-refractivity contribution >= 4 is 33.3 Å². The van der Waals surface area contributed by atoms with E-state index in [1.54, 1.807) is 29.2 Å². The van der Waals surface area contributed by atoms with Gasteiger partial charge in [0.1, 0.15) is 28.7 Å². The predicted octanol–water partition coefficient (Wildman–Crippen LogP) is 6.30. The molecule has 1 amide bonds. The minimum absolute atomic E-state index is 0.0254. The topological polar surface area (TPSA) is 101 Å². The van der Waals surface area contributed by atoms with E-state index in [4.69, 9.17) is 16.3 Å². The molecule has 1 N–H and O–H groups in total. The van der Waals surface area contributed by atoms with Crippen LogP contribution in [0.2, 0.25) is 5.02 Å². The second-order valence-corrected chi connectivity index (χ2v) is 14.5. The molecule has 1 saturated heterocycles. The molecule has 6 rings (SSSR count). The number of carbonyl (C=O) groups excluding carboxylic acids is 1. The molecule has 3 aromatic carbocycles. The van der Waals surface area contributed by atoms with Crippen molar-refractivity contribution in [2.45, 2.75) is 67.2 Å². The van der Waals surface area contributed by atoms with Crippen LogP contribution in [0.3, 0.4) is 0 Å². The number of hydrogen-bond acceptors (Lipinski definition) is 5. The Morgan fingerprint density at radius 3 is 2.36 bits per heavy atom. The van der Waals surface area contributed by atoms with Crippen LogP contribution in [0.4, 0.5) is 8.78 Å². The smallest absolute Gasteiger partial charge is 0.306 e. The van der Waals surface area contributed by atoms with E-state index in [1.165, 1.54) is 24.3 Å². The number of carbonyl (C=O) groups is 2. The van der Waals surface area contributed by atoms with Crippen LogP contribution in [0.1, 0.15) is 55.2 Å². The van der Waals surface area contributed by atoms with Crippen molar-refractivity contribution in [2.24, 2.45) is 11.8 Å². The summed E-state index contributed by atoms with van der Waals surface area (Å²) in [5.41, 5.74) is 1.53. The molecule has 0 bridgehead atoms. The summed E-state index contributed by atoms with van der Waals surface area (Å²) in [5.74, 6) is -2.45. The van der Waals surface area contributed by atoms with Gasteiger partial charge in [-0.15, -0.1) is 0 Å². The van der Waals surface area contributed by atoms with Crippen LogP contribution in [0.15, 0.2) is 65.6 Å². The second-order valence-electron chi connectivity index (χ2n) is 11.9. The normalized spacial score (nSPS) is 24.8. The van der Waals surface area contributed by atoms with Gasteiger partial charge in [0.05, 0.1) is 21.9 Å². The third-order valence-corrected chi connectivity index (χ3v) is 12.5. The number of ether oxygens (including phenoxy) is 1. The molecule has 44 heavy (non-hydrogen) atoms. The van der Waals surface area contributed by atoms with Crippen LogP contribution in [0.25, 0.3) is 0 Å². The minimum Gasteiger partial charge on any atom is -0.489 e. The third-order valence-electron chi connectivity index (χ3n) is 9.62. The maximum Gasteiger partial charge on any atom is 0.306 e. The van der Waals surface area contributed by atoms with Crippen molar-refractivity contribution in [1.82, 2.24) is 4.90 Å². The number of amides is 1. The first-order valence-corrected chi connectivity index (χ1v) is 16.6. The first kappa shape index (κ1) is 30.5. The van der Waals surface area contributed by atoms with Crippen molar-refractivity contribution in [2.75, 3.05) is 6.54 Å². The Kier molecular flexibility index (Phi) is 8.17. The zero-order chi connectivity index (χ0) is 31.2. The molecule has 1 aliphatic heterocycles. The number of likely N-dealkylation sites (tertiary alicyclic amines) is 1. The number of hydrogen-bond donors (Lipinski definition) is 1. The lowest BCUT2D eigenvalue weighted by Crippen LogP contribution is -2.53. The summed E-state index contributed by atoms with van der Waals surface area (Å²) >= 11 is 6.16. The molecule has 1 heterocycles. The first-order chi connectivity index (χ1) is 21.0. The van der Waals surface area contributed by atoms with Gasteiger partial charge in [-0.2, -0.15) is 0 Å². The van der Waals surface area contributed by atoms with E-state index in [0.717, 1.165) is 17.7 Å². The van der Waals surface area contributed by atoms with Gasteiger partial charge >= 0.3 is 5.97 Å². The highest BCUT2D eigenvalue weighted by molar-refractivity contribution is 7.92. The van der Waals surface area contributed by atoms with E-state index in [1.807, 2.05) is 0 Å². The molecule has 1 saturated carbocycles. The van der Waals surface area contributed by atoms with Gasteiger partial charge in [-0.25, -0.2) is 17.2 Å². The standard InChI is InChI=1S/C33H32ClF2NO6S/c34-28-2-1-3-29(36)26(28)19-43-24-11-14-27-22(18-24)8-15-30-33(27,44(41,42)25-12-9-23(35)10-13-25)16-17-37(30)31(38)20-4-6-21(7-5-20)32(39)40/h1-3,9-14,18,20-21,30H,4-8,15-17,19H2,(H,39,40)/t20-,21-,30-,33-/m1/s1. The van der Waals surface area contributed by atoms with Gasteiger partial charge in [0.2, 0.25) is 5.91 Å². The Bertz CT molecular complexity index is 1690. The van der Waals surface area contributed by atoms with Crippen molar-refractivity contribution in [1.29, 1.82) is 0 Å². The van der Waals surface area contributed by atoms with Crippen LogP contribution < -0.4 is 4.74 Å². The minimum atomic E-state index is -4.13. The lowest BCUT2D eigenvalue weighted by atomic mass is 9.77. The quantitative estimate of drug-likeness (QED) is 0.303. The zero-order valence-electron chi connectivity index (χ0n) is 23.8. The molecule has 0 unspecified atom stereocenters. The molecule has 2 fully saturated rings. The molecular formula is C33H32ClF2NO6S. The molecule has 0 spiro atoms. The number of aliphatic carboxylic acids is 1. The number of nitrogens with zero attached hydrogens (tertiary/aromatic N) is 1. The number of rotatable bonds is 7. The Balaban J connectivity index is 1.35. The molecule has 11 heteroatoms. The van der Waals surface area contributed by atoms with Gasteiger partial charge in [-0.3, -0.25) is 9.59 Å². The van der Waals surface area contributed by atoms with E-state index in [9.17, 15) is 31.9 Å². The van der Waals surface area contributed by atoms with Gasteiger partial charge in [0, 0.05) is 18.0 Å². The third kappa shape index (κ3) is 5.15. The molecule has 2 atom stereocenters. The fourth-order valence-electron chi connectivity index (χ4n) is 7.33. The Morgan fingerprint density at radius 2 is 1.68 bits per heavy atom. The number of sulfone groups is 1. The maximum absolute atomic E-state index is 14.6. The highest BCUT2D eigenvalue weighted by atomic mass is 35.5. The largest absolute Gasteiger partial charge is 0.489 e. The van der Waals surface area contributed by atoms with E-state index < -0.39 is 44.1 Å². The summed E-state index contributed by atoms with van der Waals surface area (Å²) in [7, 11) is -4.13. The Hall–Kier alpha value is -3.50. The van der Waals surface area contributed by atoms with E-state index in [-0.39, 0.29) is 46.9 Å². The molecular weight excluding hydrogens is 612 g/mol. The van der Waals surface area contributed by atoms with Crippen LogP contribution in [0, 0.1) is 23.5 Å². The number of fused-ring (bicyclic) bond motifs is 3. The van der Waals surface area contributed by atoms with Gasteiger partial charge in [0.25, 0.3) is 0 Å². The lowest BCUT2D eigenvalue weighted by molar-refractivity contribution is -0.146. The second kappa shape index (κ2) is 11.8. The summed E-state index contributed by atoms with van der Waals surface area (Å²) in [6, 6.07) is 13.6. The number of halogens is 3. The van der Waals surface area contributed by atoms with Crippen LogP contribution in [0.5, 0.6) is 5.75 Å². The summed E-state index contributed by atoms with van der Waals surface area (Å²) in [6.45, 7) is 0.116. The number of carboxylic acid groups (broad SMARTS) is 1. The SMILES string of the molecule is O=C(O)[C@H]1CC[C@H](C(=O)N2CC[C@@]3(S(=O)(=O)c4ccc(F)cc4)c4ccc(OCc5c(F)cccc5Cl)cc4CC[C@@H]23)CC1. The molecule has 7 nitrogen and oxygen atoms in total. The molecule has 3 aromatic rings. The van der Waals surface area contributed by atoms with Crippen molar-refractivity contribution in [3.05, 3.63) is 94.0 Å². The molecule has 232 valence electrons. The van der Waals surface area contributed by atoms with Gasteiger partial charge < -0.3 is 14.7 Å². The van der Waals surface area contributed by atoms with Gasteiger partial charge in [0.15, 0.2) is 9.84 Å². The predicted molar refractivity (Wildman–Crippen MR) is 159 cm³/mol. The Labute approximate surface area is 259 Å². The fraction of sp³-hybridized carbons (Fsp3) is 0.394. The van der Waals surface area contributed by atoms with Crippen LogP contribution in [-0.2, 0) is 37.2 Å². The number of benzene rings is 3. The summed E-state index contributed by atoms with van der Waals surface area (Å²) in [5, 5.41) is 9.63. The van der Waals surface area contributed by atoms with E-state index in [0.29, 0.717) is 49.8 Å². The van der Waals surface area contributed by atoms with Crippen LogP contribution >= 0.6 is 11.6 Å². The fourth-order valence-corrected chi connectivity index (χ4v) is 9.91. The number of carboxylic acids is 1. The average molecular weight is 644 g/mol. The molecule has 0 aromatic heterocycles.